The third-order valence-corrected chi connectivity index (χ3v) is 5.29. The Morgan fingerprint density at radius 3 is 1.47 bits per heavy atom. The summed E-state index contributed by atoms with van der Waals surface area (Å²) in [6.45, 7) is 10.5. The van der Waals surface area contributed by atoms with Crippen molar-refractivity contribution in [1.29, 1.82) is 0 Å². The highest BCUT2D eigenvalue weighted by atomic mass is 16.5. The molecule has 0 aromatic heterocycles. The standard InChI is InChI=1S/C27H46O5/c1-5-9-12-15-18-30-24-21-23(27(28)29-8-4)22-25(31-19-16-13-10-6-2)26(24)32-20-17-14-11-7-3/h21-22H,5-20H2,1-4H3. The predicted octanol–water partition coefficient (Wildman–Crippen LogP) is 7.74. The third kappa shape index (κ3) is 11.6. The molecule has 5 nitrogen and oxygen atoms in total. The number of carbonyl (C=O) groups is 1. The minimum Gasteiger partial charge on any atom is -0.490 e. The predicted molar refractivity (Wildman–Crippen MR) is 131 cm³/mol. The fourth-order valence-corrected chi connectivity index (χ4v) is 3.39. The second-order valence-electron chi connectivity index (χ2n) is 8.25. The highest BCUT2D eigenvalue weighted by Gasteiger charge is 2.19. The lowest BCUT2D eigenvalue weighted by Gasteiger charge is -2.18. The molecule has 5 heteroatoms. The van der Waals surface area contributed by atoms with Crippen LogP contribution in [0.1, 0.15) is 115 Å². The van der Waals surface area contributed by atoms with Crippen LogP contribution in [0.15, 0.2) is 12.1 Å². The van der Waals surface area contributed by atoms with Gasteiger partial charge in [-0.1, -0.05) is 78.6 Å². The summed E-state index contributed by atoms with van der Waals surface area (Å²) in [5.41, 5.74) is 0.442. The molecule has 1 aromatic carbocycles. The second kappa shape index (κ2) is 18.6. The molecule has 0 saturated carbocycles. The Hall–Kier alpha value is -1.91. The molecule has 0 aliphatic rings. The molecule has 0 saturated heterocycles. The molecule has 0 aliphatic carbocycles. The average Bonchev–Trinajstić information content (AvgIpc) is 2.79. The van der Waals surface area contributed by atoms with Gasteiger partial charge in [-0.2, -0.15) is 0 Å². The number of esters is 1. The summed E-state index contributed by atoms with van der Waals surface area (Å²) in [4.78, 5) is 12.4. The lowest BCUT2D eigenvalue weighted by Crippen LogP contribution is -2.10. The van der Waals surface area contributed by atoms with Crippen molar-refractivity contribution >= 4 is 5.97 Å². The first kappa shape index (κ1) is 28.1. The maximum absolute atomic E-state index is 12.4. The SMILES string of the molecule is CCCCCCOc1cc(C(=O)OCC)cc(OCCCCCC)c1OCCCCCC. The van der Waals surface area contributed by atoms with Crippen LogP contribution in [0.25, 0.3) is 0 Å². The Morgan fingerprint density at radius 1 is 0.625 bits per heavy atom. The van der Waals surface area contributed by atoms with E-state index < -0.39 is 0 Å². The summed E-state index contributed by atoms with van der Waals surface area (Å²) in [7, 11) is 0. The maximum atomic E-state index is 12.4. The van der Waals surface area contributed by atoms with Gasteiger partial charge < -0.3 is 18.9 Å². The Kier molecular flexibility index (Phi) is 16.4. The molecule has 0 radical (unpaired) electrons. The highest BCUT2D eigenvalue weighted by molar-refractivity contribution is 5.91. The number of carbonyl (C=O) groups excluding carboxylic acids is 1. The van der Waals surface area contributed by atoms with E-state index in [-0.39, 0.29) is 5.97 Å². The van der Waals surface area contributed by atoms with Gasteiger partial charge in [-0.05, 0) is 38.3 Å². The minimum absolute atomic E-state index is 0.328. The molecular formula is C27H46O5. The molecule has 32 heavy (non-hydrogen) atoms. The van der Waals surface area contributed by atoms with Gasteiger partial charge in [0.25, 0.3) is 0 Å². The van der Waals surface area contributed by atoms with Gasteiger partial charge in [-0.15, -0.1) is 0 Å². The molecule has 0 amide bonds. The van der Waals surface area contributed by atoms with E-state index in [1.165, 1.54) is 38.5 Å². The van der Waals surface area contributed by atoms with Crippen LogP contribution in [0, 0.1) is 0 Å². The monoisotopic (exact) mass is 450 g/mol. The van der Waals surface area contributed by atoms with Crippen molar-refractivity contribution in [3.8, 4) is 17.2 Å². The Balaban J connectivity index is 3.02. The summed E-state index contributed by atoms with van der Waals surface area (Å²) in [5, 5.41) is 0. The van der Waals surface area contributed by atoms with Crippen molar-refractivity contribution in [3.63, 3.8) is 0 Å². The van der Waals surface area contributed by atoms with E-state index in [9.17, 15) is 4.79 Å². The van der Waals surface area contributed by atoms with Crippen molar-refractivity contribution in [3.05, 3.63) is 17.7 Å². The zero-order valence-electron chi connectivity index (χ0n) is 21.0. The van der Waals surface area contributed by atoms with Crippen LogP contribution in [0.2, 0.25) is 0 Å². The van der Waals surface area contributed by atoms with Crippen LogP contribution in [0.4, 0.5) is 0 Å². The van der Waals surface area contributed by atoms with Crippen molar-refractivity contribution in [2.24, 2.45) is 0 Å². The first-order valence-corrected chi connectivity index (χ1v) is 12.9. The van der Waals surface area contributed by atoms with Gasteiger partial charge in [0.2, 0.25) is 5.75 Å². The fraction of sp³-hybridized carbons (Fsp3) is 0.741. The minimum atomic E-state index is -0.367. The normalized spacial score (nSPS) is 10.8. The lowest BCUT2D eigenvalue weighted by atomic mass is 10.1. The first-order valence-electron chi connectivity index (χ1n) is 12.9. The van der Waals surface area contributed by atoms with Gasteiger partial charge in [-0.3, -0.25) is 0 Å². The van der Waals surface area contributed by atoms with Gasteiger partial charge >= 0.3 is 5.97 Å². The molecule has 0 heterocycles. The highest BCUT2D eigenvalue weighted by Crippen LogP contribution is 2.40. The van der Waals surface area contributed by atoms with Crippen LogP contribution in [-0.2, 0) is 4.74 Å². The fourth-order valence-electron chi connectivity index (χ4n) is 3.39. The summed E-state index contributed by atoms with van der Waals surface area (Å²) >= 11 is 0. The van der Waals surface area contributed by atoms with Gasteiger partial charge in [-0.25, -0.2) is 4.79 Å². The van der Waals surface area contributed by atoms with Crippen LogP contribution >= 0.6 is 0 Å². The second-order valence-corrected chi connectivity index (χ2v) is 8.25. The van der Waals surface area contributed by atoms with Crippen LogP contribution < -0.4 is 14.2 Å². The van der Waals surface area contributed by atoms with Crippen molar-refractivity contribution in [1.82, 2.24) is 0 Å². The molecular weight excluding hydrogens is 404 g/mol. The molecule has 1 rings (SSSR count). The Labute approximate surface area is 196 Å². The van der Waals surface area contributed by atoms with Crippen molar-refractivity contribution in [2.45, 2.75) is 105 Å². The number of unbranched alkanes of at least 4 members (excludes halogenated alkanes) is 9. The van der Waals surface area contributed by atoms with Gasteiger partial charge in [0.15, 0.2) is 11.5 Å². The molecule has 184 valence electrons. The molecule has 0 unspecified atom stereocenters. The summed E-state index contributed by atoms with van der Waals surface area (Å²) in [6, 6.07) is 3.48. The quantitative estimate of drug-likeness (QED) is 0.150. The van der Waals surface area contributed by atoms with Crippen molar-refractivity contribution in [2.75, 3.05) is 26.4 Å². The van der Waals surface area contributed by atoms with E-state index in [0.717, 1.165) is 38.5 Å². The summed E-state index contributed by atoms with van der Waals surface area (Å²) in [5.74, 6) is 1.39. The van der Waals surface area contributed by atoms with Crippen LogP contribution in [0.5, 0.6) is 17.2 Å². The van der Waals surface area contributed by atoms with Gasteiger partial charge in [0.1, 0.15) is 0 Å². The summed E-state index contributed by atoms with van der Waals surface area (Å²) < 4.78 is 23.6. The largest absolute Gasteiger partial charge is 0.490 e. The molecule has 0 atom stereocenters. The molecule has 0 bridgehead atoms. The van der Waals surface area contributed by atoms with E-state index in [0.29, 0.717) is 49.2 Å². The Bertz CT molecular complexity index is 579. The molecule has 0 spiro atoms. The van der Waals surface area contributed by atoms with E-state index in [2.05, 4.69) is 20.8 Å². The molecule has 0 aliphatic heterocycles. The number of rotatable bonds is 20. The molecule has 1 aromatic rings. The number of ether oxygens (including phenoxy) is 4. The number of hydrogen-bond donors (Lipinski definition) is 0. The third-order valence-electron chi connectivity index (χ3n) is 5.29. The Morgan fingerprint density at radius 2 is 1.06 bits per heavy atom. The average molecular weight is 451 g/mol. The smallest absolute Gasteiger partial charge is 0.338 e. The van der Waals surface area contributed by atoms with E-state index in [4.69, 9.17) is 18.9 Å². The lowest BCUT2D eigenvalue weighted by molar-refractivity contribution is 0.0525. The maximum Gasteiger partial charge on any atom is 0.338 e. The zero-order valence-corrected chi connectivity index (χ0v) is 21.0. The zero-order chi connectivity index (χ0) is 23.4. The van der Waals surface area contributed by atoms with Crippen molar-refractivity contribution < 1.29 is 23.7 Å². The van der Waals surface area contributed by atoms with Gasteiger partial charge in [0, 0.05) is 0 Å². The molecule has 0 fully saturated rings. The van der Waals surface area contributed by atoms with Crippen LogP contribution in [0.3, 0.4) is 0 Å². The van der Waals surface area contributed by atoms with Crippen LogP contribution in [-0.4, -0.2) is 32.4 Å². The molecule has 0 N–H and O–H groups in total. The number of benzene rings is 1. The van der Waals surface area contributed by atoms with E-state index >= 15 is 0 Å². The number of hydrogen-bond acceptors (Lipinski definition) is 5. The topological polar surface area (TPSA) is 54.0 Å². The first-order chi connectivity index (χ1) is 15.7. The van der Waals surface area contributed by atoms with E-state index in [1.807, 2.05) is 6.92 Å². The van der Waals surface area contributed by atoms with Gasteiger partial charge in [0.05, 0.1) is 32.0 Å². The summed E-state index contributed by atoms with van der Waals surface area (Å²) in [6.07, 6.45) is 13.5. The van der Waals surface area contributed by atoms with E-state index in [1.54, 1.807) is 12.1 Å².